The maximum atomic E-state index is 13.2. The lowest BCUT2D eigenvalue weighted by atomic mass is 9.94. The molecule has 30 heavy (non-hydrogen) atoms. The Bertz CT molecular complexity index is 985. The molecule has 0 spiro atoms. The van der Waals surface area contributed by atoms with Crippen LogP contribution in [0.25, 0.3) is 0 Å². The van der Waals surface area contributed by atoms with Crippen LogP contribution in [0.2, 0.25) is 0 Å². The van der Waals surface area contributed by atoms with E-state index in [1.165, 1.54) is 19.1 Å². The van der Waals surface area contributed by atoms with Crippen molar-refractivity contribution in [1.82, 2.24) is 10.2 Å². The van der Waals surface area contributed by atoms with E-state index in [-0.39, 0.29) is 10.8 Å². The fourth-order valence-corrected chi connectivity index (χ4v) is 4.94. The van der Waals surface area contributed by atoms with Crippen molar-refractivity contribution < 1.29 is 17.6 Å². The summed E-state index contributed by atoms with van der Waals surface area (Å²) in [6, 6.07) is 9.78. The molecule has 162 valence electrons. The van der Waals surface area contributed by atoms with Crippen LogP contribution in [0.4, 0.5) is 10.1 Å². The number of hydrogen-bond donors (Lipinski definition) is 2. The van der Waals surface area contributed by atoms with E-state index in [1.54, 1.807) is 24.3 Å². The lowest BCUT2D eigenvalue weighted by Crippen LogP contribution is -2.32. The lowest BCUT2D eigenvalue weighted by molar-refractivity contribution is 0.0949. The predicted octanol–water partition coefficient (Wildman–Crippen LogP) is 3.40. The summed E-state index contributed by atoms with van der Waals surface area (Å²) in [6.45, 7) is 4.38. The van der Waals surface area contributed by atoms with E-state index in [0.717, 1.165) is 38.4 Å². The zero-order valence-corrected chi connectivity index (χ0v) is 18.1. The fourth-order valence-electron chi connectivity index (χ4n) is 3.66. The average molecular weight is 434 g/mol. The molecule has 0 radical (unpaired) electrons. The second-order valence-electron chi connectivity index (χ2n) is 7.88. The Balaban J connectivity index is 1.54. The van der Waals surface area contributed by atoms with E-state index in [0.29, 0.717) is 29.3 Å². The normalized spacial score (nSPS) is 15.7. The summed E-state index contributed by atoms with van der Waals surface area (Å²) in [6.07, 6.45) is 3.29. The zero-order chi connectivity index (χ0) is 21.7. The number of hydrogen-bond acceptors (Lipinski definition) is 4. The minimum absolute atomic E-state index is 0.0135. The van der Waals surface area contributed by atoms with Gasteiger partial charge in [-0.25, -0.2) is 12.8 Å². The molecule has 0 saturated carbocycles. The van der Waals surface area contributed by atoms with Gasteiger partial charge in [0.25, 0.3) is 15.9 Å². The van der Waals surface area contributed by atoms with Crippen LogP contribution >= 0.6 is 0 Å². The first kappa shape index (κ1) is 22.2. The first-order valence-electron chi connectivity index (χ1n) is 10.1. The van der Waals surface area contributed by atoms with Gasteiger partial charge in [-0.05, 0) is 100 Å². The summed E-state index contributed by atoms with van der Waals surface area (Å²) in [5.74, 6) is -0.0162. The molecule has 0 atom stereocenters. The molecule has 1 heterocycles. The van der Waals surface area contributed by atoms with Gasteiger partial charge >= 0.3 is 0 Å². The molecule has 1 amide bonds. The maximum Gasteiger partial charge on any atom is 0.262 e. The number of carbonyl (C=O) groups is 1. The van der Waals surface area contributed by atoms with Gasteiger partial charge in [-0.1, -0.05) is 0 Å². The first-order valence-corrected chi connectivity index (χ1v) is 11.6. The molecule has 3 rings (SSSR count). The number of rotatable bonds is 7. The number of nitrogens with one attached hydrogen (secondary N) is 2. The third kappa shape index (κ3) is 5.79. The van der Waals surface area contributed by atoms with Gasteiger partial charge in [-0.3, -0.25) is 9.52 Å². The van der Waals surface area contributed by atoms with E-state index in [4.69, 9.17) is 0 Å². The number of benzene rings is 2. The molecule has 6 nitrogen and oxygen atoms in total. The summed E-state index contributed by atoms with van der Waals surface area (Å²) in [7, 11) is -1.72. The number of anilines is 1. The van der Waals surface area contributed by atoms with Gasteiger partial charge in [0.2, 0.25) is 0 Å². The van der Waals surface area contributed by atoms with Crippen molar-refractivity contribution in [3.05, 3.63) is 59.4 Å². The van der Waals surface area contributed by atoms with E-state index >= 15 is 0 Å². The predicted molar refractivity (Wildman–Crippen MR) is 116 cm³/mol. The molecule has 1 aliphatic heterocycles. The van der Waals surface area contributed by atoms with Gasteiger partial charge in [-0.2, -0.15) is 0 Å². The van der Waals surface area contributed by atoms with Crippen molar-refractivity contribution in [3.63, 3.8) is 0 Å². The van der Waals surface area contributed by atoms with Gasteiger partial charge in [0.05, 0.1) is 4.90 Å². The van der Waals surface area contributed by atoms with Gasteiger partial charge in [0, 0.05) is 17.8 Å². The Morgan fingerprint density at radius 2 is 1.80 bits per heavy atom. The third-order valence-electron chi connectivity index (χ3n) is 5.50. The minimum atomic E-state index is -3.85. The van der Waals surface area contributed by atoms with Crippen molar-refractivity contribution in [2.75, 3.05) is 31.4 Å². The lowest BCUT2D eigenvalue weighted by Gasteiger charge is -2.28. The minimum Gasteiger partial charge on any atom is -0.352 e. The largest absolute Gasteiger partial charge is 0.352 e. The molecule has 1 fully saturated rings. The fraction of sp³-hybridized carbons (Fsp3) is 0.409. The molecule has 2 aromatic rings. The molecular formula is C22H28FN3O3S. The molecule has 1 saturated heterocycles. The standard InChI is InChI=1S/C22H28FN3O3S/c1-16-15-19(23)5-8-21(16)30(28,29)25-20-6-3-18(4-7-20)22(27)24-12-9-17-10-13-26(2)14-11-17/h3-8,15,17,25H,9-14H2,1-2H3,(H,24,27). The topological polar surface area (TPSA) is 78.5 Å². The van der Waals surface area contributed by atoms with E-state index < -0.39 is 15.8 Å². The number of nitrogens with zero attached hydrogens (tertiary/aromatic N) is 1. The van der Waals surface area contributed by atoms with Gasteiger partial charge in [-0.15, -0.1) is 0 Å². The Labute approximate surface area is 177 Å². The van der Waals surface area contributed by atoms with Crippen LogP contribution in [0.3, 0.4) is 0 Å². The monoisotopic (exact) mass is 433 g/mol. The Hall–Kier alpha value is -2.45. The highest BCUT2D eigenvalue weighted by Gasteiger charge is 2.18. The second-order valence-corrected chi connectivity index (χ2v) is 9.53. The van der Waals surface area contributed by atoms with Crippen LogP contribution in [0, 0.1) is 18.7 Å². The van der Waals surface area contributed by atoms with Crippen molar-refractivity contribution in [2.24, 2.45) is 5.92 Å². The molecule has 2 aromatic carbocycles. The molecule has 1 aliphatic rings. The molecule has 2 N–H and O–H groups in total. The van der Waals surface area contributed by atoms with E-state index in [1.807, 2.05) is 0 Å². The van der Waals surface area contributed by atoms with Crippen LogP contribution in [-0.4, -0.2) is 45.9 Å². The van der Waals surface area contributed by atoms with Gasteiger partial charge in [0.1, 0.15) is 5.82 Å². The summed E-state index contributed by atoms with van der Waals surface area (Å²) < 4.78 is 40.8. The zero-order valence-electron chi connectivity index (χ0n) is 17.3. The van der Waals surface area contributed by atoms with E-state index in [2.05, 4.69) is 22.0 Å². The van der Waals surface area contributed by atoms with Crippen molar-refractivity contribution >= 4 is 21.6 Å². The molecular weight excluding hydrogens is 405 g/mol. The van der Waals surface area contributed by atoms with Crippen LogP contribution in [0.15, 0.2) is 47.4 Å². The van der Waals surface area contributed by atoms with Crippen LogP contribution < -0.4 is 10.0 Å². The van der Waals surface area contributed by atoms with Gasteiger partial charge in [0.15, 0.2) is 0 Å². The van der Waals surface area contributed by atoms with Crippen molar-refractivity contribution in [2.45, 2.75) is 31.1 Å². The van der Waals surface area contributed by atoms with Crippen LogP contribution in [0.5, 0.6) is 0 Å². The second kappa shape index (κ2) is 9.57. The van der Waals surface area contributed by atoms with Crippen molar-refractivity contribution in [1.29, 1.82) is 0 Å². The summed E-state index contributed by atoms with van der Waals surface area (Å²) in [5.41, 5.74) is 1.13. The van der Waals surface area contributed by atoms with E-state index in [9.17, 15) is 17.6 Å². The van der Waals surface area contributed by atoms with Crippen LogP contribution in [-0.2, 0) is 10.0 Å². The number of likely N-dealkylation sites (tertiary alicyclic amines) is 1. The molecule has 0 unspecified atom stereocenters. The molecule has 0 aromatic heterocycles. The molecule has 8 heteroatoms. The summed E-state index contributed by atoms with van der Waals surface area (Å²) in [4.78, 5) is 14.7. The SMILES string of the molecule is Cc1cc(F)ccc1S(=O)(=O)Nc1ccc(C(=O)NCCC2CCN(C)CC2)cc1. The number of halogens is 1. The quantitative estimate of drug-likeness (QED) is 0.702. The number of sulfonamides is 1. The number of piperidine rings is 1. The van der Waals surface area contributed by atoms with Crippen molar-refractivity contribution in [3.8, 4) is 0 Å². The average Bonchev–Trinajstić information content (AvgIpc) is 2.69. The van der Waals surface area contributed by atoms with Gasteiger partial charge < -0.3 is 10.2 Å². The highest BCUT2D eigenvalue weighted by atomic mass is 32.2. The molecule has 0 aliphatic carbocycles. The number of carbonyl (C=O) groups excluding carboxylic acids is 1. The highest BCUT2D eigenvalue weighted by Crippen LogP contribution is 2.21. The number of aryl methyl sites for hydroxylation is 1. The third-order valence-corrected chi connectivity index (χ3v) is 7.04. The summed E-state index contributed by atoms with van der Waals surface area (Å²) >= 11 is 0. The smallest absolute Gasteiger partial charge is 0.262 e. The van der Waals surface area contributed by atoms with Crippen LogP contribution in [0.1, 0.15) is 35.2 Å². The Morgan fingerprint density at radius 3 is 2.43 bits per heavy atom. The Kier molecular flexibility index (Phi) is 7.10. The highest BCUT2D eigenvalue weighted by molar-refractivity contribution is 7.92. The molecule has 0 bridgehead atoms. The maximum absolute atomic E-state index is 13.2. The first-order chi connectivity index (χ1) is 14.2. The number of amides is 1. The summed E-state index contributed by atoms with van der Waals surface area (Å²) in [5, 5.41) is 2.94. The Morgan fingerprint density at radius 1 is 1.13 bits per heavy atom.